The summed E-state index contributed by atoms with van der Waals surface area (Å²) in [7, 11) is 0. The van der Waals surface area contributed by atoms with Crippen molar-refractivity contribution in [2.45, 2.75) is 30.4 Å². The lowest BCUT2D eigenvalue weighted by Crippen LogP contribution is -2.43. The number of hydrogen-bond acceptors (Lipinski definition) is 6. The quantitative estimate of drug-likeness (QED) is 0.448. The first-order chi connectivity index (χ1) is 16.6. The Morgan fingerprint density at radius 1 is 0.971 bits per heavy atom. The van der Waals surface area contributed by atoms with Gasteiger partial charge < -0.3 is 19.5 Å². The molecule has 1 N–H and O–H groups in total. The van der Waals surface area contributed by atoms with Crippen LogP contribution in [0.3, 0.4) is 0 Å². The van der Waals surface area contributed by atoms with Crippen LogP contribution in [0.1, 0.15) is 28.8 Å². The van der Waals surface area contributed by atoms with Crippen LogP contribution in [0, 0.1) is 0 Å². The number of carbonyl (C=O) groups is 2. The summed E-state index contributed by atoms with van der Waals surface area (Å²) in [6, 6.07) is 19.9. The van der Waals surface area contributed by atoms with Gasteiger partial charge in [0.1, 0.15) is 17.6 Å². The Kier molecular flexibility index (Phi) is 8.04. The monoisotopic (exact) mass is 478 g/mol. The second-order valence-electron chi connectivity index (χ2n) is 7.91. The van der Waals surface area contributed by atoms with Crippen molar-refractivity contribution in [3.8, 4) is 11.5 Å². The van der Waals surface area contributed by atoms with Crippen LogP contribution in [-0.4, -0.2) is 52.0 Å². The Hall–Kier alpha value is -3.52. The Bertz CT molecular complexity index is 1080. The summed E-state index contributed by atoms with van der Waals surface area (Å²) in [5.41, 5.74) is 1.40. The standard InChI is InChI=1S/C26H26N2O5S/c29-25(30)20-6-10-21(11-7-20)32-23-12-16-28(17-13-23)26(31)33-22-8-4-19(5-9-22)14-18-34-24-3-1-2-15-27-24/h1-11,15,23H,12-14,16-18H2,(H,29,30). The van der Waals surface area contributed by atoms with Crippen LogP contribution in [0.15, 0.2) is 78.0 Å². The van der Waals surface area contributed by atoms with Crippen molar-refractivity contribution < 1.29 is 24.2 Å². The number of likely N-dealkylation sites (tertiary alicyclic amines) is 1. The van der Waals surface area contributed by atoms with Gasteiger partial charge in [0.25, 0.3) is 0 Å². The van der Waals surface area contributed by atoms with Gasteiger partial charge in [-0.15, -0.1) is 11.8 Å². The first-order valence-corrected chi connectivity index (χ1v) is 12.1. The van der Waals surface area contributed by atoms with E-state index >= 15 is 0 Å². The van der Waals surface area contributed by atoms with E-state index in [1.807, 2.05) is 42.5 Å². The lowest BCUT2D eigenvalue weighted by Gasteiger charge is -2.31. The topological polar surface area (TPSA) is 89.0 Å². The van der Waals surface area contributed by atoms with E-state index in [0.29, 0.717) is 37.4 Å². The molecule has 1 amide bonds. The predicted octanol–water partition coefficient (Wildman–Crippen LogP) is 5.16. The summed E-state index contributed by atoms with van der Waals surface area (Å²) in [5, 5.41) is 9.99. The first kappa shape index (κ1) is 23.6. The van der Waals surface area contributed by atoms with Gasteiger partial charge in [0.05, 0.1) is 10.6 Å². The molecule has 0 unspecified atom stereocenters. The number of piperidine rings is 1. The van der Waals surface area contributed by atoms with Crippen LogP contribution in [0.5, 0.6) is 11.5 Å². The molecule has 4 rings (SSSR count). The molecular weight excluding hydrogens is 452 g/mol. The number of pyridine rings is 1. The average Bonchev–Trinajstić information content (AvgIpc) is 2.86. The SMILES string of the molecule is O=C(O)c1ccc(OC2CCN(C(=O)Oc3ccc(CCSc4ccccn4)cc3)CC2)cc1. The number of benzene rings is 2. The smallest absolute Gasteiger partial charge is 0.415 e. The Morgan fingerprint density at radius 3 is 2.32 bits per heavy atom. The summed E-state index contributed by atoms with van der Waals surface area (Å²) in [5.74, 6) is 1.12. The maximum absolute atomic E-state index is 12.5. The Morgan fingerprint density at radius 2 is 1.68 bits per heavy atom. The van der Waals surface area contributed by atoms with Crippen molar-refractivity contribution in [1.82, 2.24) is 9.88 Å². The van der Waals surface area contributed by atoms with Gasteiger partial charge in [0, 0.05) is 37.9 Å². The molecule has 1 saturated heterocycles. The van der Waals surface area contributed by atoms with Gasteiger partial charge in [-0.25, -0.2) is 14.6 Å². The maximum atomic E-state index is 12.5. The lowest BCUT2D eigenvalue weighted by molar-refractivity contribution is 0.0696. The number of nitrogens with zero attached hydrogens (tertiary/aromatic N) is 2. The van der Waals surface area contributed by atoms with E-state index in [1.54, 1.807) is 35.0 Å². The van der Waals surface area contributed by atoms with E-state index in [2.05, 4.69) is 4.98 Å². The highest BCUT2D eigenvalue weighted by molar-refractivity contribution is 7.99. The first-order valence-electron chi connectivity index (χ1n) is 11.2. The number of aromatic nitrogens is 1. The number of carboxylic acid groups (broad SMARTS) is 1. The highest BCUT2D eigenvalue weighted by Gasteiger charge is 2.25. The molecule has 1 aliphatic heterocycles. The van der Waals surface area contributed by atoms with E-state index in [1.165, 1.54) is 17.7 Å². The van der Waals surface area contributed by atoms with Crippen LogP contribution >= 0.6 is 11.8 Å². The number of hydrogen-bond donors (Lipinski definition) is 1. The highest BCUT2D eigenvalue weighted by Crippen LogP contribution is 2.22. The summed E-state index contributed by atoms with van der Waals surface area (Å²) in [6.07, 6.45) is 3.68. The van der Waals surface area contributed by atoms with Crippen molar-refractivity contribution in [1.29, 1.82) is 0 Å². The minimum absolute atomic E-state index is 0.0250. The van der Waals surface area contributed by atoms with E-state index in [4.69, 9.17) is 14.6 Å². The molecule has 1 aliphatic rings. The van der Waals surface area contributed by atoms with Gasteiger partial charge in [0.2, 0.25) is 0 Å². The molecule has 7 nitrogen and oxygen atoms in total. The molecule has 0 aliphatic carbocycles. The number of aryl methyl sites for hydroxylation is 1. The van der Waals surface area contributed by atoms with Crippen molar-refractivity contribution in [2.24, 2.45) is 0 Å². The van der Waals surface area contributed by atoms with E-state index < -0.39 is 5.97 Å². The van der Waals surface area contributed by atoms with Crippen molar-refractivity contribution in [3.05, 3.63) is 84.1 Å². The molecule has 0 bridgehead atoms. The lowest BCUT2D eigenvalue weighted by atomic mass is 10.1. The largest absolute Gasteiger partial charge is 0.490 e. The Balaban J connectivity index is 1.19. The van der Waals surface area contributed by atoms with Crippen molar-refractivity contribution in [3.63, 3.8) is 0 Å². The number of amides is 1. The third kappa shape index (κ3) is 6.74. The van der Waals surface area contributed by atoms with E-state index in [-0.39, 0.29) is 17.8 Å². The van der Waals surface area contributed by atoms with Crippen LogP contribution < -0.4 is 9.47 Å². The van der Waals surface area contributed by atoms with Gasteiger partial charge in [-0.05, 0) is 60.5 Å². The molecule has 176 valence electrons. The fraction of sp³-hybridized carbons (Fsp3) is 0.269. The fourth-order valence-electron chi connectivity index (χ4n) is 3.62. The molecule has 2 heterocycles. The van der Waals surface area contributed by atoms with Crippen molar-refractivity contribution >= 4 is 23.8 Å². The molecule has 0 spiro atoms. The van der Waals surface area contributed by atoms with Gasteiger partial charge >= 0.3 is 12.1 Å². The zero-order valence-corrected chi connectivity index (χ0v) is 19.4. The highest BCUT2D eigenvalue weighted by atomic mass is 32.2. The van der Waals surface area contributed by atoms with Crippen LogP contribution in [-0.2, 0) is 6.42 Å². The number of rotatable bonds is 8. The fourth-order valence-corrected chi connectivity index (χ4v) is 4.48. The molecule has 0 saturated carbocycles. The van der Waals surface area contributed by atoms with Crippen LogP contribution in [0.4, 0.5) is 4.79 Å². The normalized spacial score (nSPS) is 13.9. The van der Waals surface area contributed by atoms with Gasteiger partial charge in [-0.1, -0.05) is 18.2 Å². The molecule has 34 heavy (non-hydrogen) atoms. The summed E-state index contributed by atoms with van der Waals surface area (Å²) in [6.45, 7) is 1.08. The zero-order valence-electron chi connectivity index (χ0n) is 18.6. The third-order valence-corrected chi connectivity index (χ3v) is 6.46. The van der Waals surface area contributed by atoms with Gasteiger partial charge in [0.15, 0.2) is 0 Å². The van der Waals surface area contributed by atoms with Crippen LogP contribution in [0.25, 0.3) is 0 Å². The van der Waals surface area contributed by atoms with Gasteiger partial charge in [-0.3, -0.25) is 0 Å². The van der Waals surface area contributed by atoms with Crippen LogP contribution in [0.2, 0.25) is 0 Å². The summed E-state index contributed by atoms with van der Waals surface area (Å²) < 4.78 is 11.5. The second-order valence-corrected chi connectivity index (χ2v) is 9.03. The maximum Gasteiger partial charge on any atom is 0.415 e. The molecule has 3 aromatic rings. The molecule has 0 atom stereocenters. The van der Waals surface area contributed by atoms with E-state index in [9.17, 15) is 9.59 Å². The number of thioether (sulfide) groups is 1. The minimum Gasteiger partial charge on any atom is -0.490 e. The van der Waals surface area contributed by atoms with Crippen molar-refractivity contribution in [2.75, 3.05) is 18.8 Å². The van der Waals surface area contributed by atoms with E-state index in [0.717, 1.165) is 17.2 Å². The average molecular weight is 479 g/mol. The minimum atomic E-state index is -0.965. The Labute approximate surface area is 202 Å². The van der Waals surface area contributed by atoms with Gasteiger partial charge in [-0.2, -0.15) is 0 Å². The number of carbonyl (C=O) groups excluding carboxylic acids is 1. The molecular formula is C26H26N2O5S. The molecule has 2 aromatic carbocycles. The number of carboxylic acids is 1. The second kappa shape index (κ2) is 11.6. The summed E-state index contributed by atoms with van der Waals surface area (Å²) >= 11 is 1.71. The zero-order chi connectivity index (χ0) is 23.8. The molecule has 1 fully saturated rings. The summed E-state index contributed by atoms with van der Waals surface area (Å²) in [4.78, 5) is 29.5. The number of ether oxygens (including phenoxy) is 2. The molecule has 8 heteroatoms. The number of aromatic carboxylic acids is 1. The predicted molar refractivity (Wildman–Crippen MR) is 130 cm³/mol. The molecule has 1 aromatic heterocycles. The third-order valence-electron chi connectivity index (χ3n) is 5.51. The molecule has 0 radical (unpaired) electrons.